The number of anilines is 1. The van der Waals surface area contributed by atoms with Gasteiger partial charge in [-0.15, -0.1) is 11.3 Å². The van der Waals surface area contributed by atoms with E-state index in [2.05, 4.69) is 22.4 Å². The van der Waals surface area contributed by atoms with Gasteiger partial charge in [0, 0.05) is 11.3 Å². The molecule has 0 atom stereocenters. The summed E-state index contributed by atoms with van der Waals surface area (Å²) in [6.45, 7) is 5.10. The summed E-state index contributed by atoms with van der Waals surface area (Å²) in [7, 11) is 0. The van der Waals surface area contributed by atoms with Crippen molar-refractivity contribution < 1.29 is 14.1 Å². The minimum Gasteiger partial charge on any atom is -0.376 e. The molecular formula is C15H19N3O3S. The Bertz CT molecular complexity index is 678. The second-order valence-corrected chi connectivity index (χ2v) is 6.41. The van der Waals surface area contributed by atoms with Crippen LogP contribution < -0.4 is 5.32 Å². The van der Waals surface area contributed by atoms with Crippen LogP contribution in [0.3, 0.4) is 0 Å². The molecule has 2 aromatic rings. The molecule has 1 amide bonds. The molecule has 22 heavy (non-hydrogen) atoms. The number of amides is 1. The van der Waals surface area contributed by atoms with Gasteiger partial charge in [-0.1, -0.05) is 18.5 Å². The van der Waals surface area contributed by atoms with Crippen molar-refractivity contribution in [2.24, 2.45) is 0 Å². The van der Waals surface area contributed by atoms with Gasteiger partial charge in [-0.3, -0.25) is 4.79 Å². The first-order valence-corrected chi connectivity index (χ1v) is 8.33. The van der Waals surface area contributed by atoms with Crippen LogP contribution in [0.1, 0.15) is 42.5 Å². The minimum absolute atomic E-state index is 0.0267. The van der Waals surface area contributed by atoms with Crippen molar-refractivity contribution in [1.82, 2.24) is 10.1 Å². The molecule has 7 heteroatoms. The van der Waals surface area contributed by atoms with Gasteiger partial charge < -0.3 is 14.6 Å². The smallest absolute Gasteiger partial charge is 0.261 e. The number of carbonyl (C=O) groups is 1. The van der Waals surface area contributed by atoms with Crippen molar-refractivity contribution in [2.45, 2.75) is 46.1 Å². The molecule has 0 spiro atoms. The number of ether oxygens (including phenoxy) is 1. The van der Waals surface area contributed by atoms with E-state index >= 15 is 0 Å². The molecule has 0 bridgehead atoms. The number of rotatable bonds is 5. The van der Waals surface area contributed by atoms with E-state index in [1.165, 1.54) is 0 Å². The first-order chi connectivity index (χ1) is 10.7. The van der Waals surface area contributed by atoms with E-state index in [9.17, 15) is 4.79 Å². The maximum Gasteiger partial charge on any atom is 0.261 e. The number of thiophene rings is 1. The second kappa shape index (κ2) is 6.58. The maximum absolute atomic E-state index is 12.1. The molecular weight excluding hydrogens is 302 g/mol. The number of nitrogens with one attached hydrogen (secondary N) is 1. The van der Waals surface area contributed by atoms with E-state index in [4.69, 9.17) is 9.26 Å². The predicted molar refractivity (Wildman–Crippen MR) is 83.9 cm³/mol. The number of unbranched alkanes of at least 4 members (excludes halogenated alkanes) is 1. The summed E-state index contributed by atoms with van der Waals surface area (Å²) in [4.78, 5) is 17.5. The van der Waals surface area contributed by atoms with Crippen molar-refractivity contribution in [2.75, 3.05) is 11.9 Å². The van der Waals surface area contributed by atoms with Gasteiger partial charge in [0.2, 0.25) is 5.91 Å². The molecule has 0 saturated carbocycles. The van der Waals surface area contributed by atoms with Gasteiger partial charge in [0.05, 0.1) is 18.8 Å². The predicted octanol–water partition coefficient (Wildman–Crippen LogP) is 3.31. The summed E-state index contributed by atoms with van der Waals surface area (Å²) in [5, 5.41) is 7.66. The van der Waals surface area contributed by atoms with Crippen molar-refractivity contribution in [1.29, 1.82) is 0 Å². The number of fused-ring (bicyclic) bond motifs is 1. The molecule has 0 radical (unpaired) electrons. The van der Waals surface area contributed by atoms with Gasteiger partial charge in [0.1, 0.15) is 5.00 Å². The van der Waals surface area contributed by atoms with Crippen LogP contribution in [0.5, 0.6) is 0 Å². The molecule has 1 aliphatic rings. The lowest BCUT2D eigenvalue weighted by Gasteiger charge is -2.12. The summed E-state index contributed by atoms with van der Waals surface area (Å²) in [5.74, 6) is 1.09. The summed E-state index contributed by atoms with van der Waals surface area (Å²) in [6, 6.07) is 0. The second-order valence-electron chi connectivity index (χ2n) is 5.31. The van der Waals surface area contributed by atoms with Gasteiger partial charge in [0.15, 0.2) is 5.82 Å². The van der Waals surface area contributed by atoms with E-state index < -0.39 is 0 Å². The van der Waals surface area contributed by atoms with Crippen LogP contribution in [0.4, 0.5) is 5.00 Å². The van der Waals surface area contributed by atoms with Crippen molar-refractivity contribution in [3.63, 3.8) is 0 Å². The highest BCUT2D eigenvalue weighted by molar-refractivity contribution is 7.17. The van der Waals surface area contributed by atoms with Gasteiger partial charge >= 0.3 is 0 Å². The number of aryl methyl sites for hydroxylation is 1. The van der Waals surface area contributed by atoms with Crippen molar-refractivity contribution in [3.05, 3.63) is 16.3 Å². The molecule has 0 aliphatic carbocycles. The summed E-state index contributed by atoms with van der Waals surface area (Å²) in [6.07, 6.45) is 3.21. The van der Waals surface area contributed by atoms with E-state index in [-0.39, 0.29) is 5.91 Å². The van der Waals surface area contributed by atoms with Crippen LogP contribution in [-0.4, -0.2) is 22.7 Å². The fraction of sp³-hybridized carbons (Fsp3) is 0.533. The van der Waals surface area contributed by atoms with Gasteiger partial charge in [-0.05, 0) is 25.3 Å². The SMILES string of the molecule is CCCCC(=O)Nc1sc2c(c1-c1nc(C)no1)CCOC2. The molecule has 0 saturated heterocycles. The number of hydrogen-bond acceptors (Lipinski definition) is 6. The molecule has 3 rings (SSSR count). The van der Waals surface area contributed by atoms with Gasteiger partial charge in [0.25, 0.3) is 5.89 Å². The van der Waals surface area contributed by atoms with Crippen molar-refractivity contribution in [3.8, 4) is 11.5 Å². The first kappa shape index (κ1) is 15.2. The lowest BCUT2D eigenvalue weighted by molar-refractivity contribution is -0.116. The lowest BCUT2D eigenvalue weighted by atomic mass is 10.1. The largest absolute Gasteiger partial charge is 0.376 e. The average molecular weight is 321 g/mol. The summed E-state index contributed by atoms with van der Waals surface area (Å²) in [5.41, 5.74) is 2.03. The monoisotopic (exact) mass is 321 g/mol. The number of nitrogens with zero attached hydrogens (tertiary/aromatic N) is 2. The Morgan fingerprint density at radius 1 is 1.45 bits per heavy atom. The fourth-order valence-electron chi connectivity index (χ4n) is 2.47. The third-order valence-electron chi connectivity index (χ3n) is 3.57. The third kappa shape index (κ3) is 3.05. The zero-order valence-electron chi connectivity index (χ0n) is 12.8. The normalized spacial score (nSPS) is 13.9. The molecule has 118 valence electrons. The van der Waals surface area contributed by atoms with Crippen LogP contribution in [0.25, 0.3) is 11.5 Å². The van der Waals surface area contributed by atoms with Crippen LogP contribution in [-0.2, 0) is 22.6 Å². The lowest BCUT2D eigenvalue weighted by Crippen LogP contribution is -2.11. The number of hydrogen-bond donors (Lipinski definition) is 1. The third-order valence-corrected chi connectivity index (χ3v) is 4.69. The molecule has 6 nitrogen and oxygen atoms in total. The topological polar surface area (TPSA) is 77.3 Å². The summed E-state index contributed by atoms with van der Waals surface area (Å²) < 4.78 is 10.8. The molecule has 3 heterocycles. The molecule has 1 N–H and O–H groups in total. The summed E-state index contributed by atoms with van der Waals surface area (Å²) >= 11 is 1.54. The Morgan fingerprint density at radius 3 is 3.05 bits per heavy atom. The molecule has 2 aromatic heterocycles. The molecule has 0 aromatic carbocycles. The maximum atomic E-state index is 12.1. The zero-order valence-corrected chi connectivity index (χ0v) is 13.6. The number of aromatic nitrogens is 2. The highest BCUT2D eigenvalue weighted by Gasteiger charge is 2.26. The number of carbonyl (C=O) groups excluding carboxylic acids is 1. The van der Waals surface area contributed by atoms with Gasteiger partial charge in [-0.25, -0.2) is 0 Å². The Labute approximate surface area is 132 Å². The van der Waals surface area contributed by atoms with Crippen molar-refractivity contribution >= 4 is 22.2 Å². The molecule has 1 aliphatic heterocycles. The Kier molecular flexibility index (Phi) is 4.54. The van der Waals surface area contributed by atoms with E-state index in [0.717, 1.165) is 40.3 Å². The van der Waals surface area contributed by atoms with Crippen LogP contribution >= 0.6 is 11.3 Å². The average Bonchev–Trinajstić information content (AvgIpc) is 3.08. The Morgan fingerprint density at radius 2 is 2.32 bits per heavy atom. The Hall–Kier alpha value is -1.73. The van der Waals surface area contributed by atoms with Crippen LogP contribution in [0, 0.1) is 6.92 Å². The van der Waals surface area contributed by atoms with E-state index in [1.807, 2.05) is 0 Å². The highest BCUT2D eigenvalue weighted by Crippen LogP contribution is 2.42. The molecule has 0 unspecified atom stereocenters. The quantitative estimate of drug-likeness (QED) is 0.914. The first-order valence-electron chi connectivity index (χ1n) is 7.52. The van der Waals surface area contributed by atoms with Crippen LogP contribution in [0.2, 0.25) is 0 Å². The van der Waals surface area contributed by atoms with Crippen LogP contribution in [0.15, 0.2) is 4.52 Å². The van der Waals surface area contributed by atoms with E-state index in [0.29, 0.717) is 31.3 Å². The standard InChI is InChI=1S/C15H19N3O3S/c1-3-4-5-12(19)17-15-13(14-16-9(2)18-21-14)10-6-7-20-8-11(10)22-15/h3-8H2,1-2H3,(H,17,19). The zero-order chi connectivity index (χ0) is 15.5. The highest BCUT2D eigenvalue weighted by atomic mass is 32.1. The van der Waals surface area contributed by atoms with Gasteiger partial charge in [-0.2, -0.15) is 4.98 Å². The Balaban J connectivity index is 1.94. The fourth-order valence-corrected chi connectivity index (χ4v) is 3.67. The van der Waals surface area contributed by atoms with E-state index in [1.54, 1.807) is 18.3 Å². The molecule has 0 fully saturated rings. The minimum atomic E-state index is 0.0267.